The van der Waals surface area contributed by atoms with E-state index in [-0.39, 0.29) is 35.5 Å². The monoisotopic (exact) mass is 341 g/mol. The van der Waals surface area contributed by atoms with Crippen molar-refractivity contribution in [1.29, 1.82) is 0 Å². The van der Waals surface area contributed by atoms with Crippen LogP contribution in [0.2, 0.25) is 0 Å². The van der Waals surface area contributed by atoms with E-state index in [0.29, 0.717) is 6.54 Å². The Kier molecular flexibility index (Phi) is 8.09. The van der Waals surface area contributed by atoms with E-state index in [1.807, 2.05) is 0 Å². The van der Waals surface area contributed by atoms with E-state index >= 15 is 0 Å². The van der Waals surface area contributed by atoms with Gasteiger partial charge >= 0.3 is 0 Å². The summed E-state index contributed by atoms with van der Waals surface area (Å²) in [5.41, 5.74) is 10.7. The average Bonchev–Trinajstić information content (AvgIpc) is 2.25. The van der Waals surface area contributed by atoms with Crippen molar-refractivity contribution in [3.63, 3.8) is 0 Å². The van der Waals surface area contributed by atoms with Gasteiger partial charge in [0.15, 0.2) is 5.96 Å². The van der Waals surface area contributed by atoms with Gasteiger partial charge in [-0.15, -0.1) is 24.0 Å². The van der Waals surface area contributed by atoms with E-state index in [2.05, 4.69) is 11.9 Å². The third-order valence-corrected chi connectivity index (χ3v) is 2.93. The lowest BCUT2D eigenvalue weighted by molar-refractivity contribution is -0.0624. The van der Waals surface area contributed by atoms with Crippen LogP contribution in [0.5, 0.6) is 0 Å². The molecule has 0 heterocycles. The first-order valence-electron chi connectivity index (χ1n) is 5.88. The molecule has 0 unspecified atom stereocenters. The molecular weight excluding hydrogens is 317 g/mol. The van der Waals surface area contributed by atoms with Crippen LogP contribution in [-0.2, 0) is 4.74 Å². The van der Waals surface area contributed by atoms with Gasteiger partial charge in [-0.1, -0.05) is 26.2 Å². The zero-order valence-corrected chi connectivity index (χ0v) is 12.4. The molecule has 4 N–H and O–H groups in total. The number of aliphatic imine (C=N–C) groups is 1. The van der Waals surface area contributed by atoms with Crippen LogP contribution in [0.25, 0.3) is 0 Å². The Morgan fingerprint density at radius 1 is 1.25 bits per heavy atom. The summed E-state index contributed by atoms with van der Waals surface area (Å²) in [5.74, 6) is 0.167. The molecule has 0 aliphatic heterocycles. The standard InChI is InChI=1S/C11H23N3O.HI/c1-2-8-15-11(9-14-10(12)13)6-4-3-5-7-11;/h2-9H2,1H3,(H4,12,13,14);1H. The molecule has 5 heteroatoms. The van der Waals surface area contributed by atoms with Crippen LogP contribution >= 0.6 is 24.0 Å². The third kappa shape index (κ3) is 5.34. The second kappa shape index (κ2) is 8.11. The molecule has 0 aromatic heterocycles. The van der Waals surface area contributed by atoms with Crippen molar-refractivity contribution < 1.29 is 4.74 Å². The van der Waals surface area contributed by atoms with Crippen molar-refractivity contribution in [3.05, 3.63) is 0 Å². The number of guanidine groups is 1. The summed E-state index contributed by atoms with van der Waals surface area (Å²) in [4.78, 5) is 4.12. The minimum Gasteiger partial charge on any atom is -0.373 e. The Hall–Kier alpha value is -0.0400. The lowest BCUT2D eigenvalue weighted by atomic mass is 9.84. The highest BCUT2D eigenvalue weighted by Crippen LogP contribution is 2.32. The molecule has 0 radical (unpaired) electrons. The van der Waals surface area contributed by atoms with Crippen molar-refractivity contribution in [2.24, 2.45) is 16.5 Å². The van der Waals surface area contributed by atoms with Crippen LogP contribution in [0.3, 0.4) is 0 Å². The van der Waals surface area contributed by atoms with E-state index in [1.54, 1.807) is 0 Å². The maximum atomic E-state index is 5.95. The van der Waals surface area contributed by atoms with E-state index in [1.165, 1.54) is 19.3 Å². The molecule has 4 nitrogen and oxygen atoms in total. The first-order valence-corrected chi connectivity index (χ1v) is 5.88. The highest BCUT2D eigenvalue weighted by molar-refractivity contribution is 14.0. The predicted molar refractivity (Wildman–Crippen MR) is 78.2 cm³/mol. The molecule has 1 aliphatic carbocycles. The number of hydrogen-bond donors (Lipinski definition) is 2. The summed E-state index contributed by atoms with van der Waals surface area (Å²) in [6, 6.07) is 0. The van der Waals surface area contributed by atoms with Crippen LogP contribution in [0.4, 0.5) is 0 Å². The Bertz CT molecular complexity index is 211. The SMILES string of the molecule is CCCOC1(CN=C(N)N)CCCCC1.I. The lowest BCUT2D eigenvalue weighted by Gasteiger charge is -2.36. The quantitative estimate of drug-likeness (QED) is 0.456. The highest BCUT2D eigenvalue weighted by atomic mass is 127. The van der Waals surface area contributed by atoms with Gasteiger partial charge in [0.2, 0.25) is 0 Å². The second-order valence-corrected chi connectivity index (χ2v) is 4.33. The largest absolute Gasteiger partial charge is 0.373 e. The molecule has 0 atom stereocenters. The van der Waals surface area contributed by atoms with E-state index in [4.69, 9.17) is 16.2 Å². The number of rotatable bonds is 5. The Morgan fingerprint density at radius 3 is 2.38 bits per heavy atom. The van der Waals surface area contributed by atoms with E-state index < -0.39 is 0 Å². The van der Waals surface area contributed by atoms with Gasteiger partial charge in [0, 0.05) is 6.61 Å². The van der Waals surface area contributed by atoms with Crippen molar-refractivity contribution in [2.45, 2.75) is 51.0 Å². The fourth-order valence-corrected chi connectivity index (χ4v) is 2.10. The zero-order valence-electron chi connectivity index (χ0n) is 10.1. The zero-order chi connectivity index (χ0) is 11.1. The molecule has 0 aromatic carbocycles. The molecule has 0 aromatic rings. The topological polar surface area (TPSA) is 73.6 Å². The summed E-state index contributed by atoms with van der Waals surface area (Å²) in [6.07, 6.45) is 6.98. The van der Waals surface area contributed by atoms with Gasteiger partial charge in [-0.25, -0.2) is 0 Å². The molecule has 96 valence electrons. The summed E-state index contributed by atoms with van der Waals surface area (Å²) in [5, 5.41) is 0. The van der Waals surface area contributed by atoms with Gasteiger partial charge in [-0.05, 0) is 19.3 Å². The normalized spacial score (nSPS) is 18.6. The predicted octanol–water partition coefficient (Wildman–Crippen LogP) is 2.01. The van der Waals surface area contributed by atoms with Gasteiger partial charge in [-0.3, -0.25) is 4.99 Å². The fraction of sp³-hybridized carbons (Fsp3) is 0.909. The second-order valence-electron chi connectivity index (χ2n) is 4.33. The van der Waals surface area contributed by atoms with Crippen LogP contribution in [0.1, 0.15) is 45.4 Å². The molecule has 1 aliphatic rings. The minimum absolute atomic E-state index is 0. The van der Waals surface area contributed by atoms with Crippen LogP contribution < -0.4 is 11.5 Å². The number of hydrogen-bond acceptors (Lipinski definition) is 2. The summed E-state index contributed by atoms with van der Waals surface area (Å²) in [7, 11) is 0. The Labute approximate surface area is 115 Å². The van der Waals surface area contributed by atoms with Gasteiger partial charge in [0.25, 0.3) is 0 Å². The first kappa shape index (κ1) is 16.0. The van der Waals surface area contributed by atoms with Crippen molar-refractivity contribution in [2.75, 3.05) is 13.2 Å². The molecule has 0 amide bonds. The number of ether oxygens (including phenoxy) is 1. The van der Waals surface area contributed by atoms with Gasteiger partial charge < -0.3 is 16.2 Å². The minimum atomic E-state index is -0.0851. The van der Waals surface area contributed by atoms with E-state index in [9.17, 15) is 0 Å². The number of nitrogens with two attached hydrogens (primary N) is 2. The maximum Gasteiger partial charge on any atom is 0.186 e. The average molecular weight is 341 g/mol. The van der Waals surface area contributed by atoms with Gasteiger partial charge in [0.05, 0.1) is 12.1 Å². The number of nitrogens with zero attached hydrogens (tertiary/aromatic N) is 1. The van der Waals surface area contributed by atoms with Crippen LogP contribution in [-0.4, -0.2) is 24.7 Å². The fourth-order valence-electron chi connectivity index (χ4n) is 2.10. The van der Waals surface area contributed by atoms with Crippen LogP contribution in [0, 0.1) is 0 Å². The Morgan fingerprint density at radius 2 is 1.88 bits per heavy atom. The molecule has 0 saturated heterocycles. The summed E-state index contributed by atoms with van der Waals surface area (Å²) < 4.78 is 5.95. The van der Waals surface area contributed by atoms with E-state index in [0.717, 1.165) is 25.9 Å². The van der Waals surface area contributed by atoms with Gasteiger partial charge in [-0.2, -0.15) is 0 Å². The molecule has 0 spiro atoms. The molecule has 0 bridgehead atoms. The van der Waals surface area contributed by atoms with Crippen molar-refractivity contribution in [3.8, 4) is 0 Å². The number of halogens is 1. The lowest BCUT2D eigenvalue weighted by Crippen LogP contribution is -2.40. The molecular formula is C11H24IN3O. The van der Waals surface area contributed by atoms with Gasteiger partial charge in [0.1, 0.15) is 0 Å². The molecule has 16 heavy (non-hydrogen) atoms. The molecule has 1 saturated carbocycles. The maximum absolute atomic E-state index is 5.95. The van der Waals surface area contributed by atoms with Crippen molar-refractivity contribution >= 4 is 29.9 Å². The van der Waals surface area contributed by atoms with Crippen molar-refractivity contribution in [1.82, 2.24) is 0 Å². The molecule has 1 rings (SSSR count). The highest BCUT2D eigenvalue weighted by Gasteiger charge is 2.32. The third-order valence-electron chi connectivity index (χ3n) is 2.93. The van der Waals surface area contributed by atoms with Crippen LogP contribution in [0.15, 0.2) is 4.99 Å². The first-order chi connectivity index (χ1) is 7.18. The summed E-state index contributed by atoms with van der Waals surface area (Å²) >= 11 is 0. The summed E-state index contributed by atoms with van der Waals surface area (Å²) in [6.45, 7) is 3.55. The Balaban J connectivity index is 0.00000225. The molecule has 1 fully saturated rings. The smallest absolute Gasteiger partial charge is 0.186 e.